The van der Waals surface area contributed by atoms with E-state index in [1.807, 2.05) is 0 Å². The van der Waals surface area contributed by atoms with Crippen LogP contribution in [0.2, 0.25) is 0 Å². The Bertz CT molecular complexity index is 256. The number of nitrogens with two attached hydrogens (primary N) is 1. The van der Waals surface area contributed by atoms with Crippen LogP contribution in [-0.2, 0) is 4.74 Å². The molecule has 1 atom stereocenters. The van der Waals surface area contributed by atoms with E-state index in [4.69, 9.17) is 5.73 Å². The van der Waals surface area contributed by atoms with E-state index in [2.05, 4.69) is 4.74 Å². The summed E-state index contributed by atoms with van der Waals surface area (Å²) in [7, 11) is 0. The second kappa shape index (κ2) is 3.27. The molecule has 74 valence electrons. The van der Waals surface area contributed by atoms with Gasteiger partial charge < -0.3 is 10.5 Å². The van der Waals surface area contributed by atoms with Crippen molar-refractivity contribution in [2.75, 3.05) is 0 Å². The number of hydrogen-bond acceptors (Lipinski definition) is 2. The second-order valence-corrected chi connectivity index (χ2v) is 2.50. The summed E-state index contributed by atoms with van der Waals surface area (Å²) < 4.78 is 51.1. The molecule has 0 aliphatic heterocycles. The van der Waals surface area contributed by atoms with Crippen molar-refractivity contribution < 1.29 is 22.3 Å². The highest BCUT2D eigenvalue weighted by molar-refractivity contribution is 5.25. The third kappa shape index (κ3) is 2.96. The number of rotatable bonds is 1. The molecule has 2 N–H and O–H groups in total. The Morgan fingerprint density at radius 3 is 2.62 bits per heavy atom. The Morgan fingerprint density at radius 2 is 2.08 bits per heavy atom. The Hall–Kier alpha value is -1.20. The highest BCUT2D eigenvalue weighted by Gasteiger charge is 2.35. The fourth-order valence-electron chi connectivity index (χ4n) is 0.896. The van der Waals surface area contributed by atoms with Crippen LogP contribution in [-0.4, -0.2) is 12.5 Å². The maximum Gasteiger partial charge on any atom is 0.572 e. The lowest BCUT2D eigenvalue weighted by Crippen LogP contribution is -2.21. The summed E-state index contributed by atoms with van der Waals surface area (Å²) in [5.74, 6) is -0.785. The van der Waals surface area contributed by atoms with Gasteiger partial charge in [-0.15, -0.1) is 13.2 Å². The number of alkyl halides is 4. The number of hydrogen-bond donors (Lipinski definition) is 1. The van der Waals surface area contributed by atoms with Crippen LogP contribution >= 0.6 is 0 Å². The van der Waals surface area contributed by atoms with Crippen molar-refractivity contribution in [1.29, 1.82) is 0 Å². The summed E-state index contributed by atoms with van der Waals surface area (Å²) in [4.78, 5) is 0. The Labute approximate surface area is 71.7 Å². The third-order valence-electron chi connectivity index (χ3n) is 1.41. The minimum absolute atomic E-state index is 0.0770. The molecule has 0 spiro atoms. The van der Waals surface area contributed by atoms with Crippen LogP contribution in [0.4, 0.5) is 17.6 Å². The van der Waals surface area contributed by atoms with E-state index in [1.54, 1.807) is 0 Å². The molecule has 2 nitrogen and oxygen atoms in total. The lowest BCUT2D eigenvalue weighted by Gasteiger charge is -2.18. The molecule has 0 saturated carbocycles. The summed E-state index contributed by atoms with van der Waals surface area (Å²) in [6.45, 7) is 0. The SMILES string of the molecule is NC1=CCC(F)C(OC(F)(F)F)=C1. The van der Waals surface area contributed by atoms with Crippen molar-refractivity contribution in [1.82, 2.24) is 0 Å². The molecule has 1 aliphatic rings. The van der Waals surface area contributed by atoms with E-state index in [0.29, 0.717) is 0 Å². The monoisotopic (exact) mass is 197 g/mol. The van der Waals surface area contributed by atoms with Gasteiger partial charge in [-0.2, -0.15) is 0 Å². The van der Waals surface area contributed by atoms with Gasteiger partial charge in [0.2, 0.25) is 0 Å². The summed E-state index contributed by atoms with van der Waals surface area (Å²) in [5.41, 5.74) is 5.25. The van der Waals surface area contributed by atoms with Gasteiger partial charge >= 0.3 is 6.36 Å². The summed E-state index contributed by atoms with van der Waals surface area (Å²) >= 11 is 0. The highest BCUT2D eigenvalue weighted by Crippen LogP contribution is 2.27. The summed E-state index contributed by atoms with van der Waals surface area (Å²) in [6, 6.07) is 0. The van der Waals surface area contributed by atoms with Crippen molar-refractivity contribution in [3.8, 4) is 0 Å². The predicted octanol–water partition coefficient (Wildman–Crippen LogP) is 1.99. The Kier molecular flexibility index (Phi) is 2.49. The fraction of sp³-hybridized carbons (Fsp3) is 0.429. The molecule has 0 aromatic carbocycles. The van der Waals surface area contributed by atoms with Crippen molar-refractivity contribution in [3.63, 3.8) is 0 Å². The summed E-state index contributed by atoms with van der Waals surface area (Å²) in [6.07, 6.45) is -4.69. The molecule has 6 heteroatoms. The quantitative estimate of drug-likeness (QED) is 0.652. The minimum atomic E-state index is -4.87. The van der Waals surface area contributed by atoms with E-state index < -0.39 is 18.3 Å². The maximum absolute atomic E-state index is 12.8. The average molecular weight is 197 g/mol. The van der Waals surface area contributed by atoms with Crippen LogP contribution in [0.15, 0.2) is 23.6 Å². The number of allylic oxidation sites excluding steroid dienone is 3. The molecule has 1 aliphatic carbocycles. The van der Waals surface area contributed by atoms with Gasteiger partial charge in [-0.25, -0.2) is 4.39 Å². The molecular weight excluding hydrogens is 190 g/mol. The van der Waals surface area contributed by atoms with Crippen LogP contribution in [0.25, 0.3) is 0 Å². The van der Waals surface area contributed by atoms with Crippen LogP contribution in [0.3, 0.4) is 0 Å². The van der Waals surface area contributed by atoms with Gasteiger partial charge in [0.05, 0.1) is 0 Å². The van der Waals surface area contributed by atoms with Crippen LogP contribution < -0.4 is 5.73 Å². The molecule has 13 heavy (non-hydrogen) atoms. The van der Waals surface area contributed by atoms with Crippen molar-refractivity contribution in [2.24, 2.45) is 5.73 Å². The first kappa shape index (κ1) is 9.88. The normalized spacial score (nSPS) is 23.5. The first-order valence-electron chi connectivity index (χ1n) is 3.45. The predicted molar refractivity (Wildman–Crippen MR) is 37.0 cm³/mol. The smallest absolute Gasteiger partial charge is 0.407 e. The largest absolute Gasteiger partial charge is 0.572 e. The van der Waals surface area contributed by atoms with Crippen LogP contribution in [0, 0.1) is 0 Å². The van der Waals surface area contributed by atoms with Gasteiger partial charge in [0.1, 0.15) is 5.76 Å². The van der Waals surface area contributed by atoms with Crippen LogP contribution in [0.5, 0.6) is 0 Å². The average Bonchev–Trinajstić information content (AvgIpc) is 1.94. The van der Waals surface area contributed by atoms with Crippen molar-refractivity contribution >= 4 is 0 Å². The van der Waals surface area contributed by atoms with Gasteiger partial charge in [0.25, 0.3) is 0 Å². The molecule has 0 heterocycles. The first-order valence-corrected chi connectivity index (χ1v) is 3.45. The lowest BCUT2D eigenvalue weighted by molar-refractivity contribution is -0.309. The summed E-state index contributed by atoms with van der Waals surface area (Å²) in [5, 5.41) is 0. The van der Waals surface area contributed by atoms with E-state index in [-0.39, 0.29) is 12.1 Å². The van der Waals surface area contributed by atoms with Crippen molar-refractivity contribution in [2.45, 2.75) is 19.0 Å². The van der Waals surface area contributed by atoms with Gasteiger partial charge in [0, 0.05) is 18.2 Å². The topological polar surface area (TPSA) is 35.2 Å². The Balaban J connectivity index is 2.72. The molecule has 0 radical (unpaired) electrons. The molecule has 1 unspecified atom stereocenters. The second-order valence-electron chi connectivity index (χ2n) is 2.50. The van der Waals surface area contributed by atoms with Crippen molar-refractivity contribution in [3.05, 3.63) is 23.6 Å². The molecule has 1 rings (SSSR count). The lowest BCUT2D eigenvalue weighted by atomic mass is 10.1. The minimum Gasteiger partial charge on any atom is -0.407 e. The number of halogens is 4. The third-order valence-corrected chi connectivity index (χ3v) is 1.41. The van der Waals surface area contributed by atoms with E-state index in [0.717, 1.165) is 6.08 Å². The standard InChI is InChI=1S/C7H7F4NO/c8-5-2-1-4(12)3-6(5)13-7(9,10)11/h1,3,5H,2,12H2. The fourth-order valence-corrected chi connectivity index (χ4v) is 0.896. The first-order chi connectivity index (χ1) is 5.88. The molecule has 0 aromatic heterocycles. The zero-order chi connectivity index (χ0) is 10.1. The van der Waals surface area contributed by atoms with Crippen LogP contribution in [0.1, 0.15) is 6.42 Å². The van der Waals surface area contributed by atoms with Gasteiger partial charge in [-0.05, 0) is 0 Å². The molecule has 0 fully saturated rings. The molecule has 0 saturated heterocycles. The van der Waals surface area contributed by atoms with E-state index in [1.165, 1.54) is 6.08 Å². The van der Waals surface area contributed by atoms with Gasteiger partial charge in [-0.3, -0.25) is 0 Å². The molecule has 0 aromatic rings. The van der Waals surface area contributed by atoms with E-state index >= 15 is 0 Å². The zero-order valence-electron chi connectivity index (χ0n) is 6.44. The molecule has 0 bridgehead atoms. The van der Waals surface area contributed by atoms with E-state index in [9.17, 15) is 17.6 Å². The molecule has 0 amide bonds. The highest BCUT2D eigenvalue weighted by atomic mass is 19.4. The number of ether oxygens (including phenoxy) is 1. The zero-order valence-corrected chi connectivity index (χ0v) is 6.44. The maximum atomic E-state index is 12.8. The Morgan fingerprint density at radius 1 is 1.46 bits per heavy atom. The van der Waals surface area contributed by atoms with Gasteiger partial charge in [0.15, 0.2) is 6.17 Å². The molecular formula is C7H7F4NO. The van der Waals surface area contributed by atoms with Gasteiger partial charge in [-0.1, -0.05) is 6.08 Å².